The summed E-state index contributed by atoms with van der Waals surface area (Å²) in [5, 5.41) is 4.53. The second-order valence-electron chi connectivity index (χ2n) is 9.92. The molecule has 2 aliphatic heterocycles. The molecule has 0 amide bonds. The zero-order valence-corrected chi connectivity index (χ0v) is 19.5. The van der Waals surface area contributed by atoms with Crippen molar-refractivity contribution in [3.05, 3.63) is 47.3 Å². The van der Waals surface area contributed by atoms with Crippen molar-refractivity contribution in [3.63, 3.8) is 0 Å². The van der Waals surface area contributed by atoms with Gasteiger partial charge >= 0.3 is 0 Å². The maximum absolute atomic E-state index is 13.3. The van der Waals surface area contributed by atoms with Crippen LogP contribution in [0.3, 0.4) is 0 Å². The van der Waals surface area contributed by atoms with E-state index in [0.29, 0.717) is 28.4 Å². The van der Waals surface area contributed by atoms with Crippen LogP contribution in [0.25, 0.3) is 0 Å². The summed E-state index contributed by atoms with van der Waals surface area (Å²) in [5.41, 5.74) is 2.34. The van der Waals surface area contributed by atoms with Crippen molar-refractivity contribution in [1.82, 2.24) is 19.4 Å². The Balaban J connectivity index is 1.49. The molecule has 2 fully saturated rings. The zero-order chi connectivity index (χ0) is 21.7. The maximum atomic E-state index is 13.3. The molecule has 0 saturated carbocycles. The number of piperidine rings is 1. The van der Waals surface area contributed by atoms with Crippen LogP contribution < -0.4 is 4.72 Å². The van der Waals surface area contributed by atoms with Crippen molar-refractivity contribution < 1.29 is 8.42 Å². The Morgan fingerprint density at radius 1 is 1.07 bits per heavy atom. The van der Waals surface area contributed by atoms with Crippen LogP contribution in [0.5, 0.6) is 0 Å². The summed E-state index contributed by atoms with van der Waals surface area (Å²) in [6.07, 6.45) is 4.04. The van der Waals surface area contributed by atoms with Crippen LogP contribution in [-0.2, 0) is 22.1 Å². The van der Waals surface area contributed by atoms with Crippen molar-refractivity contribution in [2.45, 2.75) is 95.4 Å². The number of nitrogens with zero attached hydrogens (tertiary/aromatic N) is 3. The quantitative estimate of drug-likeness (QED) is 0.785. The molecule has 4 rings (SSSR count). The van der Waals surface area contributed by atoms with Crippen molar-refractivity contribution in [2.75, 3.05) is 0 Å². The highest BCUT2D eigenvalue weighted by Gasteiger charge is 2.42. The molecule has 2 aromatic rings. The number of benzene rings is 1. The SMILES string of the molecule is Cc1nn(C(C)(C)C)c(C)c1S(=O)(=O)NC1CC2CCC(C1)N2Cc1ccccc1. The molecule has 1 aromatic carbocycles. The topological polar surface area (TPSA) is 67.2 Å². The largest absolute Gasteiger partial charge is 0.293 e. The van der Waals surface area contributed by atoms with Crippen LogP contribution in [0.2, 0.25) is 0 Å². The molecule has 2 unspecified atom stereocenters. The average Bonchev–Trinajstić information content (AvgIpc) is 3.08. The highest BCUT2D eigenvalue weighted by Crippen LogP contribution is 2.37. The Hall–Kier alpha value is -1.70. The molecule has 2 saturated heterocycles. The molecule has 2 atom stereocenters. The first-order valence-electron chi connectivity index (χ1n) is 10.9. The average molecular weight is 431 g/mol. The van der Waals surface area contributed by atoms with Gasteiger partial charge in [0, 0.05) is 24.7 Å². The van der Waals surface area contributed by atoms with Crippen LogP contribution in [0.15, 0.2) is 35.2 Å². The van der Waals surface area contributed by atoms with Crippen LogP contribution >= 0.6 is 0 Å². The number of fused-ring (bicyclic) bond motifs is 2. The normalized spacial score (nSPS) is 25.0. The number of hydrogen-bond donors (Lipinski definition) is 1. The molecule has 1 aromatic heterocycles. The molecule has 1 N–H and O–H groups in total. The fraction of sp³-hybridized carbons (Fsp3) is 0.609. The third-order valence-electron chi connectivity index (χ3n) is 6.54. The minimum absolute atomic E-state index is 0.0173. The summed E-state index contributed by atoms with van der Waals surface area (Å²) < 4.78 is 31.5. The van der Waals surface area contributed by atoms with E-state index < -0.39 is 10.0 Å². The molecule has 30 heavy (non-hydrogen) atoms. The lowest BCUT2D eigenvalue weighted by Gasteiger charge is -2.39. The van der Waals surface area contributed by atoms with Gasteiger partial charge in [-0.1, -0.05) is 30.3 Å². The van der Waals surface area contributed by atoms with Gasteiger partial charge in [0.25, 0.3) is 0 Å². The first-order valence-corrected chi connectivity index (χ1v) is 12.4. The smallest absolute Gasteiger partial charge is 0.244 e. The third-order valence-corrected chi connectivity index (χ3v) is 8.32. The van der Waals surface area contributed by atoms with E-state index in [1.54, 1.807) is 6.92 Å². The van der Waals surface area contributed by atoms with Crippen LogP contribution in [0.4, 0.5) is 0 Å². The van der Waals surface area contributed by atoms with E-state index in [-0.39, 0.29) is 11.6 Å². The lowest BCUT2D eigenvalue weighted by molar-refractivity contribution is 0.115. The second kappa shape index (κ2) is 7.77. The molecule has 0 aliphatic carbocycles. The predicted molar refractivity (Wildman–Crippen MR) is 119 cm³/mol. The molecule has 6 nitrogen and oxygen atoms in total. The summed E-state index contributed by atoms with van der Waals surface area (Å²) >= 11 is 0. The van der Waals surface area contributed by atoms with Crippen molar-refractivity contribution in [2.24, 2.45) is 0 Å². The zero-order valence-electron chi connectivity index (χ0n) is 18.7. The summed E-state index contributed by atoms with van der Waals surface area (Å²) in [4.78, 5) is 2.92. The fourth-order valence-corrected chi connectivity index (χ4v) is 7.03. The number of sulfonamides is 1. The van der Waals surface area contributed by atoms with Gasteiger partial charge in [0.1, 0.15) is 4.90 Å². The Labute approximate surface area is 180 Å². The fourth-order valence-electron chi connectivity index (χ4n) is 5.37. The number of rotatable bonds is 5. The number of hydrogen-bond acceptors (Lipinski definition) is 4. The molecule has 0 radical (unpaired) electrons. The lowest BCUT2D eigenvalue weighted by atomic mass is 9.97. The Bertz CT molecular complexity index is 994. The highest BCUT2D eigenvalue weighted by atomic mass is 32.2. The van der Waals surface area contributed by atoms with Crippen molar-refractivity contribution in [1.29, 1.82) is 0 Å². The number of aryl methyl sites for hydroxylation is 1. The first kappa shape index (κ1) is 21.5. The lowest BCUT2D eigenvalue weighted by Crippen LogP contribution is -2.50. The van der Waals surface area contributed by atoms with E-state index >= 15 is 0 Å². The minimum atomic E-state index is -3.61. The van der Waals surface area contributed by atoms with E-state index in [1.165, 1.54) is 5.56 Å². The van der Waals surface area contributed by atoms with E-state index in [9.17, 15) is 8.42 Å². The molecular formula is C23H34N4O2S. The first-order chi connectivity index (χ1) is 14.1. The van der Waals surface area contributed by atoms with Gasteiger partial charge in [0.05, 0.1) is 16.9 Å². The summed E-state index contributed by atoms with van der Waals surface area (Å²) in [7, 11) is -3.61. The molecule has 2 bridgehead atoms. The number of nitrogens with one attached hydrogen (secondary N) is 1. The molecule has 0 spiro atoms. The van der Waals surface area contributed by atoms with Gasteiger partial charge < -0.3 is 0 Å². The molecule has 164 valence electrons. The van der Waals surface area contributed by atoms with Gasteiger partial charge in [0.2, 0.25) is 10.0 Å². The molecular weight excluding hydrogens is 396 g/mol. The maximum Gasteiger partial charge on any atom is 0.244 e. The van der Waals surface area contributed by atoms with Gasteiger partial charge in [0.15, 0.2) is 0 Å². The predicted octanol–water partition coefficient (Wildman–Crippen LogP) is 3.73. The van der Waals surface area contributed by atoms with Crippen LogP contribution in [0.1, 0.15) is 63.4 Å². The summed E-state index contributed by atoms with van der Waals surface area (Å²) in [6.45, 7) is 10.7. The van der Waals surface area contributed by atoms with Crippen LogP contribution in [0, 0.1) is 13.8 Å². The van der Waals surface area contributed by atoms with E-state index in [4.69, 9.17) is 0 Å². The van der Waals surface area contributed by atoms with Crippen molar-refractivity contribution in [3.8, 4) is 0 Å². The Morgan fingerprint density at radius 3 is 2.20 bits per heavy atom. The molecule has 3 heterocycles. The van der Waals surface area contributed by atoms with Gasteiger partial charge in [-0.05, 0) is 65.9 Å². The van der Waals surface area contributed by atoms with Crippen molar-refractivity contribution >= 4 is 10.0 Å². The highest BCUT2D eigenvalue weighted by molar-refractivity contribution is 7.89. The summed E-state index contributed by atoms with van der Waals surface area (Å²) in [6, 6.07) is 11.4. The van der Waals surface area contributed by atoms with E-state index in [0.717, 1.165) is 32.2 Å². The molecule has 7 heteroatoms. The minimum Gasteiger partial charge on any atom is -0.293 e. The molecule has 2 aliphatic rings. The van der Waals surface area contributed by atoms with Gasteiger partial charge in [-0.3, -0.25) is 9.58 Å². The van der Waals surface area contributed by atoms with E-state index in [2.05, 4.69) is 39.0 Å². The second-order valence-corrected chi connectivity index (χ2v) is 11.6. The Kier molecular flexibility index (Phi) is 5.58. The van der Waals surface area contributed by atoms with Gasteiger partial charge in [-0.25, -0.2) is 13.1 Å². The summed E-state index contributed by atoms with van der Waals surface area (Å²) in [5.74, 6) is 0. The van der Waals surface area contributed by atoms with E-state index in [1.807, 2.05) is 38.4 Å². The monoisotopic (exact) mass is 430 g/mol. The number of aromatic nitrogens is 2. The third kappa shape index (κ3) is 4.07. The standard InChI is InChI=1S/C23H34N4O2S/c1-16-22(17(2)27(24-16)23(3,4)5)30(28,29)25-19-13-20-11-12-21(14-19)26(20)15-18-9-7-6-8-10-18/h6-10,19-21,25H,11-15H2,1-5H3. The van der Waals surface area contributed by atoms with Gasteiger partial charge in [-0.15, -0.1) is 0 Å². The van der Waals surface area contributed by atoms with Gasteiger partial charge in [-0.2, -0.15) is 5.10 Å². The Morgan fingerprint density at radius 2 is 1.67 bits per heavy atom. The van der Waals surface area contributed by atoms with Crippen LogP contribution in [-0.4, -0.2) is 41.2 Å².